The van der Waals surface area contributed by atoms with E-state index in [0.29, 0.717) is 11.6 Å². The molecule has 9 aromatic rings. The Hall–Kier alpha value is -5.88. The lowest BCUT2D eigenvalue weighted by Crippen LogP contribution is -1.99. The molecule has 0 fully saturated rings. The molecular weight excluding hydrogens is 518 g/mol. The topological polar surface area (TPSA) is 49.3 Å². The molecule has 42 heavy (non-hydrogen) atoms. The Morgan fingerprint density at radius 3 is 1.90 bits per heavy atom. The number of hydrogen-bond acceptors (Lipinski definition) is 3. The second-order valence-electron chi connectivity index (χ2n) is 10.4. The first-order valence-corrected chi connectivity index (χ1v) is 13.9. The lowest BCUT2D eigenvalue weighted by molar-refractivity contribution is 0.462. The van der Waals surface area contributed by atoms with Gasteiger partial charge in [-0.25, -0.2) is 4.98 Å². The van der Waals surface area contributed by atoms with Gasteiger partial charge in [0.1, 0.15) is 11.6 Å². The smallest absolute Gasteiger partial charge is 0.221 e. The van der Waals surface area contributed by atoms with Crippen LogP contribution in [0.3, 0.4) is 0 Å². The summed E-state index contributed by atoms with van der Waals surface area (Å²) in [5.74, 6) is 2.90. The predicted molar refractivity (Wildman–Crippen MR) is 168 cm³/mol. The molecule has 4 aromatic heterocycles. The third kappa shape index (κ3) is 3.32. The van der Waals surface area contributed by atoms with E-state index in [9.17, 15) is 0 Å². The highest BCUT2D eigenvalue weighted by molar-refractivity contribution is 6.09. The van der Waals surface area contributed by atoms with Crippen molar-refractivity contribution in [3.05, 3.63) is 140 Å². The van der Waals surface area contributed by atoms with E-state index >= 15 is 0 Å². The zero-order chi connectivity index (χ0) is 27.6. The van der Waals surface area contributed by atoms with Gasteiger partial charge in [0.25, 0.3) is 0 Å². The van der Waals surface area contributed by atoms with Crippen LogP contribution in [0.1, 0.15) is 0 Å². The number of ether oxygens (including phenoxy) is 1. The lowest BCUT2D eigenvalue weighted by atomic mass is 10.2. The maximum atomic E-state index is 6.40. The number of hydrogen-bond donors (Lipinski definition) is 0. The molecule has 5 aromatic carbocycles. The third-order valence-corrected chi connectivity index (χ3v) is 7.92. The summed E-state index contributed by atoms with van der Waals surface area (Å²) in [6.07, 6.45) is 0. The largest absolute Gasteiger partial charge is 0.439 e. The summed E-state index contributed by atoms with van der Waals surface area (Å²) in [6.45, 7) is 0. The quantitative estimate of drug-likeness (QED) is 0.224. The van der Waals surface area contributed by atoms with Crippen LogP contribution in [0.2, 0.25) is 0 Å². The summed E-state index contributed by atoms with van der Waals surface area (Å²) in [4.78, 5) is 9.95. The van der Waals surface area contributed by atoms with E-state index in [1.54, 1.807) is 0 Å². The van der Waals surface area contributed by atoms with Crippen molar-refractivity contribution in [2.45, 2.75) is 0 Å². The Morgan fingerprint density at radius 2 is 1.12 bits per heavy atom. The fourth-order valence-electron chi connectivity index (χ4n) is 6.17. The number of aromatic nitrogens is 5. The standard InChI is InChI=1S/C36H23N5O/c1-4-16-29-26(13-1)27-14-2-5-17-30(27)40(29)34-21-10-22-35(38-34)42-25-12-9-11-24(23-25)39-32-19-7-8-20-33(32)41-31-18-6-3-15-28(31)37-36(39)41/h1-23H. The van der Waals surface area contributed by atoms with Gasteiger partial charge in [0.2, 0.25) is 11.7 Å². The van der Waals surface area contributed by atoms with Crippen molar-refractivity contribution in [3.63, 3.8) is 0 Å². The van der Waals surface area contributed by atoms with Crippen molar-refractivity contribution in [2.75, 3.05) is 0 Å². The molecule has 0 amide bonds. The maximum absolute atomic E-state index is 6.40. The van der Waals surface area contributed by atoms with Gasteiger partial charge in [0.05, 0.1) is 38.8 Å². The van der Waals surface area contributed by atoms with Crippen LogP contribution in [0.4, 0.5) is 0 Å². The molecule has 4 heterocycles. The molecule has 6 nitrogen and oxygen atoms in total. The monoisotopic (exact) mass is 541 g/mol. The van der Waals surface area contributed by atoms with Crippen LogP contribution in [0.15, 0.2) is 140 Å². The van der Waals surface area contributed by atoms with Crippen LogP contribution in [0, 0.1) is 0 Å². The van der Waals surface area contributed by atoms with Gasteiger partial charge in [-0.2, -0.15) is 4.98 Å². The first kappa shape index (κ1) is 22.9. The molecule has 0 aliphatic heterocycles. The fourth-order valence-corrected chi connectivity index (χ4v) is 6.17. The first-order valence-electron chi connectivity index (χ1n) is 13.9. The number of rotatable bonds is 4. The molecule has 0 aliphatic rings. The summed E-state index contributed by atoms with van der Waals surface area (Å²) >= 11 is 0. The number of nitrogens with zero attached hydrogens (tertiary/aromatic N) is 5. The molecule has 0 atom stereocenters. The average Bonchev–Trinajstić information content (AvgIpc) is 3.68. The first-order chi connectivity index (χ1) is 20.8. The van der Waals surface area contributed by atoms with Crippen LogP contribution >= 0.6 is 0 Å². The van der Waals surface area contributed by atoms with E-state index in [-0.39, 0.29) is 0 Å². The Kier molecular flexibility index (Phi) is 4.80. The van der Waals surface area contributed by atoms with Gasteiger partial charge in [-0.1, -0.05) is 72.8 Å². The number of imidazole rings is 2. The van der Waals surface area contributed by atoms with Crippen molar-refractivity contribution in [1.82, 2.24) is 23.5 Å². The summed E-state index contributed by atoms with van der Waals surface area (Å²) in [5, 5.41) is 2.40. The second-order valence-corrected chi connectivity index (χ2v) is 10.4. The Labute approximate surface area is 240 Å². The molecule has 0 spiro atoms. The van der Waals surface area contributed by atoms with Crippen molar-refractivity contribution >= 4 is 49.7 Å². The highest BCUT2D eigenvalue weighted by Crippen LogP contribution is 2.33. The van der Waals surface area contributed by atoms with Gasteiger partial charge in [0.15, 0.2) is 0 Å². The van der Waals surface area contributed by atoms with E-state index < -0.39 is 0 Å². The normalized spacial score (nSPS) is 11.8. The zero-order valence-electron chi connectivity index (χ0n) is 22.4. The minimum absolute atomic E-state index is 0.528. The Bertz CT molecular complexity index is 2410. The SMILES string of the molecule is c1cc(Oc2cccc(-n3c4ccccc4c4ccccc43)n2)cc(-n2c3ccccc3n3c4ccccc4nc23)c1. The van der Waals surface area contributed by atoms with Crippen molar-refractivity contribution in [3.8, 4) is 23.1 Å². The predicted octanol–water partition coefficient (Wildman–Crippen LogP) is 8.72. The van der Waals surface area contributed by atoms with Crippen LogP contribution in [-0.4, -0.2) is 23.5 Å². The molecule has 0 radical (unpaired) electrons. The zero-order valence-corrected chi connectivity index (χ0v) is 22.4. The van der Waals surface area contributed by atoms with E-state index in [0.717, 1.165) is 50.4 Å². The fraction of sp³-hybridized carbons (Fsp3) is 0. The minimum atomic E-state index is 0.528. The molecule has 198 valence electrons. The number of fused-ring (bicyclic) bond motifs is 8. The van der Waals surface area contributed by atoms with Crippen molar-refractivity contribution < 1.29 is 4.74 Å². The highest BCUT2D eigenvalue weighted by Gasteiger charge is 2.17. The van der Waals surface area contributed by atoms with Crippen molar-refractivity contribution in [2.24, 2.45) is 0 Å². The van der Waals surface area contributed by atoms with Gasteiger partial charge in [-0.05, 0) is 54.6 Å². The minimum Gasteiger partial charge on any atom is -0.439 e. The van der Waals surface area contributed by atoms with Crippen LogP contribution in [0.5, 0.6) is 11.6 Å². The molecule has 0 saturated heterocycles. The number of pyridine rings is 1. The molecule has 0 saturated carbocycles. The van der Waals surface area contributed by atoms with E-state index in [2.05, 4.69) is 111 Å². The van der Waals surface area contributed by atoms with Crippen LogP contribution < -0.4 is 4.74 Å². The highest BCUT2D eigenvalue weighted by atomic mass is 16.5. The van der Waals surface area contributed by atoms with Crippen LogP contribution in [0.25, 0.3) is 61.2 Å². The van der Waals surface area contributed by atoms with Gasteiger partial charge < -0.3 is 4.74 Å². The Morgan fingerprint density at radius 1 is 0.476 bits per heavy atom. The second kappa shape index (κ2) is 8.81. The van der Waals surface area contributed by atoms with Crippen molar-refractivity contribution in [1.29, 1.82) is 0 Å². The lowest BCUT2D eigenvalue weighted by Gasteiger charge is -2.11. The van der Waals surface area contributed by atoms with Gasteiger partial charge in [0, 0.05) is 22.9 Å². The number of benzene rings is 5. The summed E-state index contributed by atoms with van der Waals surface area (Å²) in [7, 11) is 0. The summed E-state index contributed by atoms with van der Waals surface area (Å²) < 4.78 is 13.0. The van der Waals surface area contributed by atoms with E-state index in [1.807, 2.05) is 42.5 Å². The molecular formula is C36H23N5O. The van der Waals surface area contributed by atoms with Gasteiger partial charge >= 0.3 is 0 Å². The van der Waals surface area contributed by atoms with Gasteiger partial charge in [-0.3, -0.25) is 13.5 Å². The molecule has 0 bridgehead atoms. The molecule has 0 N–H and O–H groups in total. The molecule has 0 aliphatic carbocycles. The average molecular weight is 542 g/mol. The Balaban J connectivity index is 1.16. The summed E-state index contributed by atoms with van der Waals surface area (Å²) in [6, 6.07) is 47.5. The molecule has 6 heteroatoms. The number of para-hydroxylation sites is 6. The van der Waals surface area contributed by atoms with Gasteiger partial charge in [-0.15, -0.1) is 0 Å². The van der Waals surface area contributed by atoms with E-state index in [4.69, 9.17) is 14.7 Å². The molecule has 0 unspecified atom stereocenters. The van der Waals surface area contributed by atoms with Crippen LogP contribution in [-0.2, 0) is 0 Å². The third-order valence-electron chi connectivity index (χ3n) is 7.92. The van der Waals surface area contributed by atoms with E-state index in [1.165, 1.54) is 10.8 Å². The maximum Gasteiger partial charge on any atom is 0.221 e. The molecule has 9 rings (SSSR count). The summed E-state index contributed by atoms with van der Waals surface area (Å²) in [5.41, 5.74) is 7.42.